The summed E-state index contributed by atoms with van der Waals surface area (Å²) in [7, 11) is 0. The van der Waals surface area contributed by atoms with Gasteiger partial charge >= 0.3 is 0 Å². The highest BCUT2D eigenvalue weighted by molar-refractivity contribution is 7.80. The summed E-state index contributed by atoms with van der Waals surface area (Å²) in [5.74, 6) is 0. The van der Waals surface area contributed by atoms with Crippen molar-refractivity contribution in [2.75, 3.05) is 5.32 Å². The van der Waals surface area contributed by atoms with Crippen molar-refractivity contribution in [3.05, 3.63) is 29.8 Å². The van der Waals surface area contributed by atoms with Crippen molar-refractivity contribution in [3.8, 4) is 0 Å². The summed E-state index contributed by atoms with van der Waals surface area (Å²) in [6, 6.07) is 8.61. The van der Waals surface area contributed by atoms with Crippen molar-refractivity contribution in [2.24, 2.45) is 0 Å². The number of aryl methyl sites for hydroxylation is 1. The molecule has 0 aromatic heterocycles. The van der Waals surface area contributed by atoms with Gasteiger partial charge in [-0.1, -0.05) is 44.4 Å². The van der Waals surface area contributed by atoms with E-state index in [2.05, 4.69) is 37.5 Å². The average molecular weight is 264 g/mol. The van der Waals surface area contributed by atoms with Gasteiger partial charge < -0.3 is 10.6 Å². The van der Waals surface area contributed by atoms with Gasteiger partial charge in [0.25, 0.3) is 0 Å². The number of hydrogen-bond acceptors (Lipinski definition) is 1. The number of benzene rings is 1. The zero-order chi connectivity index (χ0) is 13.4. The molecule has 1 unspecified atom stereocenters. The van der Waals surface area contributed by atoms with Gasteiger partial charge in [-0.25, -0.2) is 0 Å². The van der Waals surface area contributed by atoms with Crippen molar-refractivity contribution in [3.63, 3.8) is 0 Å². The van der Waals surface area contributed by atoms with E-state index in [4.69, 9.17) is 12.2 Å². The number of unbranched alkanes of at least 4 members (excludes halogenated alkanes) is 2. The van der Waals surface area contributed by atoms with Gasteiger partial charge in [0.1, 0.15) is 0 Å². The summed E-state index contributed by atoms with van der Waals surface area (Å²) in [5, 5.41) is 7.30. The lowest BCUT2D eigenvalue weighted by Crippen LogP contribution is -2.35. The van der Waals surface area contributed by atoms with Gasteiger partial charge in [0.05, 0.1) is 0 Å². The molecule has 0 aliphatic rings. The number of thiocarbonyl (C=S) groups is 1. The molecule has 2 nitrogen and oxygen atoms in total. The number of para-hydroxylation sites is 1. The minimum absolute atomic E-state index is 0.431. The zero-order valence-electron chi connectivity index (χ0n) is 11.6. The van der Waals surface area contributed by atoms with E-state index in [-0.39, 0.29) is 0 Å². The van der Waals surface area contributed by atoms with Crippen molar-refractivity contribution < 1.29 is 0 Å². The Balaban J connectivity index is 2.35. The summed E-state index contributed by atoms with van der Waals surface area (Å²) in [6.07, 6.45) is 4.99. The Morgan fingerprint density at radius 1 is 1.28 bits per heavy atom. The molecule has 0 saturated heterocycles. The smallest absolute Gasteiger partial charge is 0.170 e. The fourth-order valence-electron chi connectivity index (χ4n) is 1.87. The molecule has 0 aliphatic heterocycles. The standard InChI is InChI=1S/C15H24N2S/c1-4-5-6-10-13(3)16-15(18)17-14-11-8-7-9-12(14)2/h7-9,11,13H,4-6,10H2,1-3H3,(H2,16,17,18). The number of nitrogens with one attached hydrogen (secondary N) is 2. The van der Waals surface area contributed by atoms with Gasteiger partial charge in [-0.2, -0.15) is 0 Å². The van der Waals surface area contributed by atoms with E-state index in [9.17, 15) is 0 Å². The van der Waals surface area contributed by atoms with Crippen LogP contribution in [0.2, 0.25) is 0 Å². The van der Waals surface area contributed by atoms with Crippen LogP contribution in [-0.2, 0) is 0 Å². The van der Waals surface area contributed by atoms with E-state index in [0.717, 1.165) is 5.69 Å². The Bertz CT molecular complexity index is 377. The Morgan fingerprint density at radius 2 is 2.00 bits per heavy atom. The monoisotopic (exact) mass is 264 g/mol. The average Bonchev–Trinajstić information content (AvgIpc) is 2.32. The third-order valence-electron chi connectivity index (χ3n) is 3.01. The van der Waals surface area contributed by atoms with Gasteiger partial charge in [0.15, 0.2) is 5.11 Å². The third kappa shape index (κ3) is 5.50. The molecular weight excluding hydrogens is 240 g/mol. The predicted molar refractivity (Wildman–Crippen MR) is 84.1 cm³/mol. The van der Waals surface area contributed by atoms with Crippen molar-refractivity contribution in [2.45, 2.75) is 52.5 Å². The van der Waals surface area contributed by atoms with Crippen LogP contribution in [0.1, 0.15) is 45.1 Å². The maximum Gasteiger partial charge on any atom is 0.170 e. The molecule has 0 bridgehead atoms. The normalized spacial score (nSPS) is 11.9. The van der Waals surface area contributed by atoms with Crippen molar-refractivity contribution in [1.82, 2.24) is 5.32 Å². The quantitative estimate of drug-likeness (QED) is 0.593. The lowest BCUT2D eigenvalue weighted by Gasteiger charge is -2.17. The Kier molecular flexibility index (Phi) is 6.73. The first-order valence-corrected chi connectivity index (χ1v) is 7.17. The van der Waals surface area contributed by atoms with E-state index in [0.29, 0.717) is 11.2 Å². The summed E-state index contributed by atoms with van der Waals surface area (Å²) in [5.41, 5.74) is 2.29. The molecule has 18 heavy (non-hydrogen) atoms. The van der Waals surface area contributed by atoms with Crippen LogP contribution in [-0.4, -0.2) is 11.2 Å². The molecule has 3 heteroatoms. The van der Waals surface area contributed by atoms with Gasteiger partial charge in [-0.15, -0.1) is 0 Å². The fourth-order valence-corrected chi connectivity index (χ4v) is 2.18. The minimum atomic E-state index is 0.431. The van der Waals surface area contributed by atoms with Crippen LogP contribution in [0.25, 0.3) is 0 Å². The van der Waals surface area contributed by atoms with Crippen LogP contribution in [0.15, 0.2) is 24.3 Å². The molecule has 0 heterocycles. The molecule has 0 radical (unpaired) electrons. The van der Waals surface area contributed by atoms with E-state index < -0.39 is 0 Å². The van der Waals surface area contributed by atoms with Crippen LogP contribution >= 0.6 is 12.2 Å². The van der Waals surface area contributed by atoms with Crippen LogP contribution in [0.5, 0.6) is 0 Å². The number of anilines is 1. The summed E-state index contributed by atoms with van der Waals surface area (Å²) in [6.45, 7) is 6.49. The Labute approximate surface area is 116 Å². The molecule has 1 rings (SSSR count). The predicted octanol–water partition coefficient (Wildman–Crippen LogP) is 4.25. The van der Waals surface area contributed by atoms with Crippen molar-refractivity contribution >= 4 is 23.0 Å². The lowest BCUT2D eigenvalue weighted by molar-refractivity contribution is 0.556. The highest BCUT2D eigenvalue weighted by Crippen LogP contribution is 2.13. The van der Waals surface area contributed by atoms with Crippen LogP contribution in [0.3, 0.4) is 0 Å². The molecule has 0 saturated carbocycles. The largest absolute Gasteiger partial charge is 0.360 e. The summed E-state index contributed by atoms with van der Waals surface area (Å²) < 4.78 is 0. The van der Waals surface area contributed by atoms with Gasteiger partial charge in [0, 0.05) is 11.7 Å². The fraction of sp³-hybridized carbons (Fsp3) is 0.533. The SMILES string of the molecule is CCCCCC(C)NC(=S)Nc1ccccc1C. The van der Waals surface area contributed by atoms with Gasteiger partial charge in [0.2, 0.25) is 0 Å². The Hall–Kier alpha value is -1.09. The first-order chi connectivity index (χ1) is 8.63. The van der Waals surface area contributed by atoms with Gasteiger partial charge in [-0.3, -0.25) is 0 Å². The Morgan fingerprint density at radius 3 is 2.67 bits per heavy atom. The van der Waals surface area contributed by atoms with Crippen molar-refractivity contribution in [1.29, 1.82) is 0 Å². The molecule has 1 aromatic carbocycles. The molecule has 2 N–H and O–H groups in total. The van der Waals surface area contributed by atoms with Gasteiger partial charge in [-0.05, 0) is 44.1 Å². The molecule has 1 aromatic rings. The second-order valence-corrected chi connectivity index (χ2v) is 5.22. The molecule has 0 spiro atoms. The van der Waals surface area contributed by atoms with E-state index in [1.165, 1.54) is 31.2 Å². The molecule has 0 fully saturated rings. The van der Waals surface area contributed by atoms with Crippen LogP contribution in [0.4, 0.5) is 5.69 Å². The highest BCUT2D eigenvalue weighted by Gasteiger charge is 2.05. The lowest BCUT2D eigenvalue weighted by atomic mass is 10.1. The molecule has 0 amide bonds. The first-order valence-electron chi connectivity index (χ1n) is 6.76. The zero-order valence-corrected chi connectivity index (χ0v) is 12.4. The van der Waals surface area contributed by atoms with E-state index in [1.54, 1.807) is 0 Å². The number of rotatable bonds is 6. The maximum absolute atomic E-state index is 5.33. The topological polar surface area (TPSA) is 24.1 Å². The number of hydrogen-bond donors (Lipinski definition) is 2. The first kappa shape index (κ1) is 15.0. The van der Waals surface area contributed by atoms with Crippen LogP contribution < -0.4 is 10.6 Å². The summed E-state index contributed by atoms with van der Waals surface area (Å²) in [4.78, 5) is 0. The second kappa shape index (κ2) is 8.09. The molecule has 100 valence electrons. The highest BCUT2D eigenvalue weighted by atomic mass is 32.1. The van der Waals surface area contributed by atoms with E-state index >= 15 is 0 Å². The molecule has 0 aliphatic carbocycles. The molecular formula is C15H24N2S. The van der Waals surface area contributed by atoms with E-state index in [1.807, 2.05) is 18.2 Å². The maximum atomic E-state index is 5.33. The minimum Gasteiger partial charge on any atom is -0.360 e. The molecule has 1 atom stereocenters. The second-order valence-electron chi connectivity index (χ2n) is 4.81. The third-order valence-corrected chi connectivity index (χ3v) is 3.23. The summed E-state index contributed by atoms with van der Waals surface area (Å²) >= 11 is 5.33. The van der Waals surface area contributed by atoms with Crippen LogP contribution in [0, 0.1) is 6.92 Å².